The number of ether oxygens (including phenoxy) is 2. The predicted octanol–water partition coefficient (Wildman–Crippen LogP) is 5.45. The fraction of sp³-hybridized carbons (Fsp3) is 0.385. The summed E-state index contributed by atoms with van der Waals surface area (Å²) in [6, 6.07) is 6.36. The Hall–Kier alpha value is -3.72. The van der Waals surface area contributed by atoms with E-state index >= 15 is 0 Å². The van der Waals surface area contributed by atoms with Gasteiger partial charge in [-0.2, -0.15) is 5.26 Å². The first kappa shape index (κ1) is 28.8. The Kier molecular flexibility index (Phi) is 8.93. The highest BCUT2D eigenvalue weighted by atomic mass is 79.9. The fourth-order valence-electron chi connectivity index (χ4n) is 3.91. The van der Waals surface area contributed by atoms with Gasteiger partial charge in [0.05, 0.1) is 35.9 Å². The number of amides is 3. The molecular formula is C26H27BrF2N4O5. The van der Waals surface area contributed by atoms with Crippen molar-refractivity contribution in [2.24, 2.45) is 5.92 Å². The zero-order valence-electron chi connectivity index (χ0n) is 21.3. The molecule has 1 aliphatic heterocycles. The van der Waals surface area contributed by atoms with E-state index in [4.69, 9.17) is 4.74 Å². The lowest BCUT2D eigenvalue weighted by Crippen LogP contribution is -2.45. The normalized spacial score (nSPS) is 15.3. The molecule has 1 saturated heterocycles. The van der Waals surface area contributed by atoms with Gasteiger partial charge >= 0.3 is 6.09 Å². The Balaban J connectivity index is 1.84. The van der Waals surface area contributed by atoms with Gasteiger partial charge < -0.3 is 25.0 Å². The molecule has 1 heterocycles. The van der Waals surface area contributed by atoms with Gasteiger partial charge in [0.15, 0.2) is 17.4 Å². The van der Waals surface area contributed by atoms with E-state index in [1.807, 2.05) is 6.07 Å². The minimum Gasteiger partial charge on any atom is -0.491 e. The first-order chi connectivity index (χ1) is 17.8. The van der Waals surface area contributed by atoms with Gasteiger partial charge in [0.1, 0.15) is 5.60 Å². The first-order valence-corrected chi connectivity index (χ1v) is 12.5. The maximum Gasteiger partial charge on any atom is 0.410 e. The van der Waals surface area contributed by atoms with Gasteiger partial charge in [-0.3, -0.25) is 9.59 Å². The van der Waals surface area contributed by atoms with Crippen molar-refractivity contribution in [1.29, 1.82) is 5.26 Å². The second-order valence-electron chi connectivity index (χ2n) is 9.67. The summed E-state index contributed by atoms with van der Waals surface area (Å²) in [4.78, 5) is 40.3. The zero-order valence-corrected chi connectivity index (χ0v) is 22.9. The third kappa shape index (κ3) is 6.98. The predicted molar refractivity (Wildman–Crippen MR) is 139 cm³/mol. The van der Waals surface area contributed by atoms with Gasteiger partial charge in [0.25, 0.3) is 5.91 Å². The second kappa shape index (κ2) is 11.8. The van der Waals surface area contributed by atoms with E-state index in [1.54, 1.807) is 20.8 Å². The molecule has 0 aromatic heterocycles. The number of likely N-dealkylation sites (tertiary alicyclic amines) is 1. The third-order valence-corrected chi connectivity index (χ3v) is 6.24. The lowest BCUT2D eigenvalue weighted by atomic mass is 9.97. The quantitative estimate of drug-likeness (QED) is 0.476. The Morgan fingerprint density at radius 2 is 1.79 bits per heavy atom. The van der Waals surface area contributed by atoms with Gasteiger partial charge in [-0.25, -0.2) is 13.6 Å². The number of nitriles is 1. The first-order valence-electron chi connectivity index (χ1n) is 11.7. The van der Waals surface area contributed by atoms with Crippen molar-refractivity contribution in [2.45, 2.75) is 39.2 Å². The monoisotopic (exact) mass is 592 g/mol. The number of halogens is 3. The average molecular weight is 593 g/mol. The smallest absolute Gasteiger partial charge is 0.410 e. The van der Waals surface area contributed by atoms with Crippen LogP contribution in [0.2, 0.25) is 0 Å². The van der Waals surface area contributed by atoms with Crippen LogP contribution in [0.5, 0.6) is 5.75 Å². The van der Waals surface area contributed by atoms with Crippen LogP contribution in [-0.2, 0) is 9.53 Å². The molecule has 202 valence electrons. The van der Waals surface area contributed by atoms with E-state index in [9.17, 15) is 28.4 Å². The molecule has 2 aromatic carbocycles. The van der Waals surface area contributed by atoms with Crippen molar-refractivity contribution in [1.82, 2.24) is 4.90 Å². The van der Waals surface area contributed by atoms with Gasteiger partial charge in [-0.15, -0.1) is 0 Å². The van der Waals surface area contributed by atoms with E-state index in [0.29, 0.717) is 19.4 Å². The number of rotatable bonds is 5. The summed E-state index contributed by atoms with van der Waals surface area (Å²) in [5.41, 5.74) is -0.809. The number of carbonyl (C=O) groups excluding carboxylic acids is 3. The van der Waals surface area contributed by atoms with E-state index in [2.05, 4.69) is 31.3 Å². The summed E-state index contributed by atoms with van der Waals surface area (Å²) in [5, 5.41) is 14.5. The summed E-state index contributed by atoms with van der Waals surface area (Å²) in [5.74, 6) is -4.48. The number of nitrogens with zero attached hydrogens (tertiary/aromatic N) is 2. The fourth-order valence-corrected chi connectivity index (χ4v) is 4.47. The van der Waals surface area contributed by atoms with Crippen LogP contribution >= 0.6 is 15.9 Å². The lowest BCUT2D eigenvalue weighted by Gasteiger charge is -2.33. The van der Waals surface area contributed by atoms with Crippen LogP contribution in [0, 0.1) is 28.9 Å². The Labute approximate surface area is 227 Å². The molecule has 0 spiro atoms. The Morgan fingerprint density at radius 1 is 1.13 bits per heavy atom. The van der Waals surface area contributed by atoms with Crippen molar-refractivity contribution >= 4 is 45.2 Å². The number of nitrogens with one attached hydrogen (secondary N) is 2. The minimum absolute atomic E-state index is 0.0651. The van der Waals surface area contributed by atoms with E-state index in [0.717, 1.165) is 19.2 Å². The highest BCUT2D eigenvalue weighted by Crippen LogP contribution is 2.32. The topological polar surface area (TPSA) is 121 Å². The molecule has 12 heteroatoms. The molecule has 1 unspecified atom stereocenters. The molecule has 0 bridgehead atoms. The van der Waals surface area contributed by atoms with Crippen LogP contribution in [0.1, 0.15) is 49.5 Å². The van der Waals surface area contributed by atoms with Crippen molar-refractivity contribution in [3.05, 3.63) is 51.5 Å². The van der Waals surface area contributed by atoms with Crippen LogP contribution in [0.15, 0.2) is 28.7 Å². The molecule has 2 aromatic rings. The van der Waals surface area contributed by atoms with E-state index < -0.39 is 46.8 Å². The maximum absolute atomic E-state index is 14.1. The van der Waals surface area contributed by atoms with Gasteiger partial charge in [-0.1, -0.05) is 0 Å². The van der Waals surface area contributed by atoms with Crippen LogP contribution < -0.4 is 15.4 Å². The average Bonchev–Trinajstić information content (AvgIpc) is 2.83. The Bertz CT molecular complexity index is 1280. The molecule has 1 atom stereocenters. The van der Waals surface area contributed by atoms with Crippen molar-refractivity contribution in [3.63, 3.8) is 0 Å². The molecule has 2 N–H and O–H groups in total. The van der Waals surface area contributed by atoms with Gasteiger partial charge in [-0.05, 0) is 61.7 Å². The van der Waals surface area contributed by atoms with Crippen molar-refractivity contribution in [3.8, 4) is 11.8 Å². The third-order valence-electron chi connectivity index (χ3n) is 5.62. The largest absolute Gasteiger partial charge is 0.491 e. The van der Waals surface area contributed by atoms with Crippen molar-refractivity contribution in [2.75, 3.05) is 30.8 Å². The number of benzene rings is 2. The molecule has 38 heavy (non-hydrogen) atoms. The highest BCUT2D eigenvalue weighted by Gasteiger charge is 2.32. The number of methoxy groups -OCH3 is 1. The lowest BCUT2D eigenvalue weighted by molar-refractivity contribution is -0.121. The summed E-state index contributed by atoms with van der Waals surface area (Å²) in [7, 11) is 1.11. The minimum atomic E-state index is -1.02. The molecule has 1 fully saturated rings. The molecule has 3 rings (SSSR count). The number of piperidine rings is 1. The maximum atomic E-state index is 14.1. The van der Waals surface area contributed by atoms with Crippen LogP contribution in [0.4, 0.5) is 25.0 Å². The van der Waals surface area contributed by atoms with E-state index in [1.165, 1.54) is 17.0 Å². The number of carbonyl (C=O) groups is 3. The Morgan fingerprint density at radius 3 is 2.37 bits per heavy atom. The van der Waals surface area contributed by atoms with Gasteiger partial charge in [0.2, 0.25) is 5.91 Å². The van der Waals surface area contributed by atoms with Crippen LogP contribution in [0.3, 0.4) is 0 Å². The van der Waals surface area contributed by atoms with E-state index in [-0.39, 0.29) is 33.5 Å². The molecule has 0 saturated carbocycles. The SMILES string of the molecule is COc1c(F)cc(NC(=O)c2cc(C#N)cc(Br)c2NC(=O)C2CCCN(C(=O)OC(C)(C)C)C2)cc1F. The molecule has 0 radical (unpaired) electrons. The van der Waals surface area contributed by atoms with Crippen LogP contribution in [-0.4, -0.2) is 48.6 Å². The summed E-state index contributed by atoms with van der Waals surface area (Å²) < 4.78 is 38.6. The summed E-state index contributed by atoms with van der Waals surface area (Å²) in [6.07, 6.45) is 0.562. The zero-order chi connectivity index (χ0) is 28.2. The summed E-state index contributed by atoms with van der Waals surface area (Å²) >= 11 is 3.29. The molecule has 0 aliphatic carbocycles. The van der Waals surface area contributed by atoms with Crippen LogP contribution in [0.25, 0.3) is 0 Å². The number of anilines is 2. The second-order valence-corrected chi connectivity index (χ2v) is 10.5. The summed E-state index contributed by atoms with van der Waals surface area (Å²) in [6.45, 7) is 5.83. The standard InChI is InChI=1S/C26H27BrF2N4O5/c1-26(2,3)38-25(36)33-7-5-6-15(13-33)23(34)32-21-17(8-14(12-30)9-18(21)27)24(35)31-16-10-19(28)22(37-4)20(29)11-16/h8-11,15H,5-7,13H2,1-4H3,(H,31,35)(H,32,34). The molecule has 3 amide bonds. The molecular weight excluding hydrogens is 566 g/mol. The molecule has 1 aliphatic rings. The highest BCUT2D eigenvalue weighted by molar-refractivity contribution is 9.10. The number of hydrogen-bond donors (Lipinski definition) is 2. The van der Waals surface area contributed by atoms with Gasteiger partial charge in [0, 0.05) is 35.4 Å². The van der Waals surface area contributed by atoms with Crippen molar-refractivity contribution < 1.29 is 32.6 Å². The number of hydrogen-bond acceptors (Lipinski definition) is 6. The molecule has 9 nitrogen and oxygen atoms in total.